The number of benzene rings is 1. The topological polar surface area (TPSA) is 73.3 Å². The first-order valence-electron chi connectivity index (χ1n) is 9.82. The molecule has 28 heavy (non-hydrogen) atoms. The zero-order chi connectivity index (χ0) is 20.7. The highest BCUT2D eigenvalue weighted by Gasteiger charge is 2.36. The van der Waals surface area contributed by atoms with Crippen LogP contribution in [0.2, 0.25) is 0 Å². The standard InChI is InChI=1S/C21H33N3O4/c1-21(2,3)18-15-24(19(25)26)14-13-23(18)12-8-11-22(4)20(27)28-16-17-9-6-5-7-10-17/h5-7,9-10,18H,8,11-16H2,1-4H3,(H,25,26). The molecule has 7 heteroatoms. The molecule has 1 unspecified atom stereocenters. The number of hydrogen-bond acceptors (Lipinski definition) is 4. The van der Waals surface area contributed by atoms with Crippen LogP contribution < -0.4 is 0 Å². The van der Waals surface area contributed by atoms with E-state index in [1.165, 1.54) is 4.90 Å². The third kappa shape index (κ3) is 6.41. The van der Waals surface area contributed by atoms with Gasteiger partial charge < -0.3 is 19.6 Å². The van der Waals surface area contributed by atoms with Gasteiger partial charge in [0, 0.05) is 45.8 Å². The molecular formula is C21H33N3O4. The third-order valence-corrected chi connectivity index (χ3v) is 5.22. The monoisotopic (exact) mass is 391 g/mol. The smallest absolute Gasteiger partial charge is 0.409 e. The lowest BCUT2D eigenvalue weighted by Crippen LogP contribution is -2.59. The van der Waals surface area contributed by atoms with E-state index in [1.807, 2.05) is 30.3 Å². The SMILES string of the molecule is CN(CCCN1CCN(C(=O)O)CC1C(C)(C)C)C(=O)OCc1ccccc1. The Morgan fingerprint density at radius 1 is 1.21 bits per heavy atom. The van der Waals surface area contributed by atoms with E-state index in [4.69, 9.17) is 4.74 Å². The number of amides is 2. The normalized spacial score (nSPS) is 18.0. The number of rotatable bonds is 6. The van der Waals surface area contributed by atoms with E-state index in [2.05, 4.69) is 25.7 Å². The minimum Gasteiger partial charge on any atom is -0.465 e. The van der Waals surface area contributed by atoms with Crippen molar-refractivity contribution in [1.82, 2.24) is 14.7 Å². The van der Waals surface area contributed by atoms with Gasteiger partial charge in [-0.05, 0) is 17.4 Å². The van der Waals surface area contributed by atoms with E-state index >= 15 is 0 Å². The van der Waals surface area contributed by atoms with E-state index in [0.29, 0.717) is 19.6 Å². The highest BCUT2D eigenvalue weighted by molar-refractivity contribution is 5.67. The van der Waals surface area contributed by atoms with E-state index in [0.717, 1.165) is 25.1 Å². The van der Waals surface area contributed by atoms with Crippen molar-refractivity contribution in [1.29, 1.82) is 0 Å². The molecule has 1 fully saturated rings. The predicted octanol–water partition coefficient (Wildman–Crippen LogP) is 3.36. The molecule has 0 bridgehead atoms. The van der Waals surface area contributed by atoms with Gasteiger partial charge in [0.2, 0.25) is 0 Å². The molecule has 0 aliphatic carbocycles. The minimum atomic E-state index is -0.852. The van der Waals surface area contributed by atoms with Crippen LogP contribution in [-0.2, 0) is 11.3 Å². The van der Waals surface area contributed by atoms with Crippen molar-refractivity contribution in [2.24, 2.45) is 5.41 Å². The average Bonchev–Trinajstić information content (AvgIpc) is 2.66. The molecule has 0 spiro atoms. The number of piperazine rings is 1. The van der Waals surface area contributed by atoms with E-state index in [-0.39, 0.29) is 24.2 Å². The first kappa shape index (κ1) is 22.0. The molecule has 1 saturated heterocycles. The molecule has 1 aromatic carbocycles. The molecule has 0 saturated carbocycles. The number of carboxylic acid groups (broad SMARTS) is 1. The van der Waals surface area contributed by atoms with E-state index < -0.39 is 6.09 Å². The summed E-state index contributed by atoms with van der Waals surface area (Å²) in [6.07, 6.45) is -0.363. The minimum absolute atomic E-state index is 0.0192. The van der Waals surface area contributed by atoms with Crippen LogP contribution in [0.1, 0.15) is 32.8 Å². The number of hydrogen-bond donors (Lipinski definition) is 1. The fourth-order valence-corrected chi connectivity index (χ4v) is 3.52. The second kappa shape index (κ2) is 9.78. The molecule has 1 aromatic rings. The van der Waals surface area contributed by atoms with Gasteiger partial charge in [-0.15, -0.1) is 0 Å². The van der Waals surface area contributed by atoms with Crippen LogP contribution in [0.25, 0.3) is 0 Å². The number of ether oxygens (including phenoxy) is 1. The van der Waals surface area contributed by atoms with Gasteiger partial charge in [0.25, 0.3) is 0 Å². The van der Waals surface area contributed by atoms with Gasteiger partial charge in [-0.2, -0.15) is 0 Å². The van der Waals surface area contributed by atoms with Crippen molar-refractivity contribution in [3.8, 4) is 0 Å². The molecule has 1 aliphatic heterocycles. The Kier molecular flexibility index (Phi) is 7.69. The van der Waals surface area contributed by atoms with Crippen molar-refractivity contribution in [3.05, 3.63) is 35.9 Å². The molecule has 0 aromatic heterocycles. The van der Waals surface area contributed by atoms with Crippen molar-refractivity contribution < 1.29 is 19.4 Å². The highest BCUT2D eigenvalue weighted by atomic mass is 16.6. The Balaban J connectivity index is 1.78. The van der Waals surface area contributed by atoms with Gasteiger partial charge in [-0.1, -0.05) is 51.1 Å². The summed E-state index contributed by atoms with van der Waals surface area (Å²) < 4.78 is 5.35. The maximum atomic E-state index is 12.2. The van der Waals surface area contributed by atoms with Crippen LogP contribution in [0.4, 0.5) is 9.59 Å². The second-order valence-electron chi connectivity index (χ2n) is 8.46. The summed E-state index contributed by atoms with van der Waals surface area (Å²) in [6.45, 7) is 9.89. The first-order valence-corrected chi connectivity index (χ1v) is 9.82. The van der Waals surface area contributed by atoms with Crippen molar-refractivity contribution >= 4 is 12.2 Å². The van der Waals surface area contributed by atoms with Crippen molar-refractivity contribution in [2.75, 3.05) is 39.8 Å². The highest BCUT2D eigenvalue weighted by Crippen LogP contribution is 2.28. The molecule has 2 amide bonds. The summed E-state index contributed by atoms with van der Waals surface area (Å²) in [5.74, 6) is 0. The van der Waals surface area contributed by atoms with Gasteiger partial charge in [0.15, 0.2) is 0 Å². The maximum absolute atomic E-state index is 12.2. The molecule has 7 nitrogen and oxygen atoms in total. The lowest BCUT2D eigenvalue weighted by molar-refractivity contribution is 0.0178. The lowest BCUT2D eigenvalue weighted by atomic mass is 9.84. The van der Waals surface area contributed by atoms with Gasteiger partial charge >= 0.3 is 12.2 Å². The largest absolute Gasteiger partial charge is 0.465 e. The molecule has 2 rings (SSSR count). The van der Waals surface area contributed by atoms with Crippen LogP contribution in [0.15, 0.2) is 30.3 Å². The molecule has 0 radical (unpaired) electrons. The fraction of sp³-hybridized carbons (Fsp3) is 0.619. The zero-order valence-corrected chi connectivity index (χ0v) is 17.4. The van der Waals surface area contributed by atoms with Crippen LogP contribution in [0.3, 0.4) is 0 Å². The molecule has 1 atom stereocenters. The van der Waals surface area contributed by atoms with E-state index in [9.17, 15) is 14.7 Å². The molecule has 1 heterocycles. The second-order valence-corrected chi connectivity index (χ2v) is 8.46. The third-order valence-electron chi connectivity index (χ3n) is 5.22. The maximum Gasteiger partial charge on any atom is 0.409 e. The van der Waals surface area contributed by atoms with Crippen LogP contribution in [0, 0.1) is 5.41 Å². The van der Waals surface area contributed by atoms with Gasteiger partial charge in [0.05, 0.1) is 0 Å². The van der Waals surface area contributed by atoms with Crippen LogP contribution >= 0.6 is 0 Å². The van der Waals surface area contributed by atoms with E-state index in [1.54, 1.807) is 11.9 Å². The predicted molar refractivity (Wildman–Crippen MR) is 108 cm³/mol. The van der Waals surface area contributed by atoms with Crippen molar-refractivity contribution in [2.45, 2.75) is 39.8 Å². The molecule has 1 aliphatic rings. The van der Waals surface area contributed by atoms with Gasteiger partial charge in [0.1, 0.15) is 6.61 Å². The summed E-state index contributed by atoms with van der Waals surface area (Å²) in [5.41, 5.74) is 0.947. The van der Waals surface area contributed by atoms with Gasteiger partial charge in [-0.25, -0.2) is 9.59 Å². The Hall–Kier alpha value is -2.28. The summed E-state index contributed by atoms with van der Waals surface area (Å²) in [4.78, 5) is 28.9. The number of carbonyl (C=O) groups excluding carboxylic acids is 1. The number of nitrogens with zero attached hydrogens (tertiary/aromatic N) is 3. The molecular weight excluding hydrogens is 358 g/mol. The Bertz CT molecular complexity index is 645. The Labute approximate surface area is 167 Å². The van der Waals surface area contributed by atoms with Crippen molar-refractivity contribution in [3.63, 3.8) is 0 Å². The van der Waals surface area contributed by atoms with Gasteiger partial charge in [-0.3, -0.25) is 4.90 Å². The summed E-state index contributed by atoms with van der Waals surface area (Å²) in [6, 6.07) is 9.78. The Morgan fingerprint density at radius 3 is 2.50 bits per heavy atom. The first-order chi connectivity index (χ1) is 13.2. The van der Waals surface area contributed by atoms with Crippen LogP contribution in [-0.4, -0.2) is 77.8 Å². The van der Waals surface area contributed by atoms with Crippen LogP contribution in [0.5, 0.6) is 0 Å². The lowest BCUT2D eigenvalue weighted by Gasteiger charge is -2.46. The summed E-state index contributed by atoms with van der Waals surface area (Å²) in [7, 11) is 1.75. The quantitative estimate of drug-likeness (QED) is 0.805. The molecule has 156 valence electrons. The average molecular weight is 392 g/mol. The summed E-state index contributed by atoms with van der Waals surface area (Å²) in [5, 5.41) is 9.30. The molecule has 1 N–H and O–H groups in total. The Morgan fingerprint density at radius 2 is 1.89 bits per heavy atom. The fourth-order valence-electron chi connectivity index (χ4n) is 3.52. The zero-order valence-electron chi connectivity index (χ0n) is 17.4. The number of carbonyl (C=O) groups is 2. The summed E-state index contributed by atoms with van der Waals surface area (Å²) >= 11 is 0.